The minimum atomic E-state index is -0.400. The molecule has 0 bridgehead atoms. The number of rotatable bonds is 3. The summed E-state index contributed by atoms with van der Waals surface area (Å²) in [7, 11) is 0. The van der Waals surface area contributed by atoms with Crippen LogP contribution in [-0.2, 0) is 6.42 Å². The van der Waals surface area contributed by atoms with Gasteiger partial charge < -0.3 is 5.32 Å². The first-order chi connectivity index (χ1) is 10.0. The number of anilines is 1. The molecule has 0 saturated heterocycles. The van der Waals surface area contributed by atoms with Crippen LogP contribution in [0.2, 0.25) is 9.36 Å². The van der Waals surface area contributed by atoms with Gasteiger partial charge in [-0.3, -0.25) is 10.1 Å². The van der Waals surface area contributed by atoms with E-state index in [-0.39, 0.29) is 11.7 Å². The zero-order valence-corrected chi connectivity index (χ0v) is 13.3. The zero-order valence-electron chi connectivity index (χ0n) is 10.9. The second-order valence-corrected chi connectivity index (χ2v) is 7.14. The van der Waals surface area contributed by atoms with Crippen molar-refractivity contribution in [1.29, 1.82) is 0 Å². The third-order valence-electron chi connectivity index (χ3n) is 3.57. The Balaban J connectivity index is 1.94. The number of nitrogens with zero attached hydrogens (tertiary/aromatic N) is 1. The Labute approximate surface area is 135 Å². The number of aryl methyl sites for hydroxylation is 1. The minimum absolute atomic E-state index is 0.0350. The molecule has 1 atom stereocenters. The summed E-state index contributed by atoms with van der Waals surface area (Å²) in [6, 6.07) is 6.54. The van der Waals surface area contributed by atoms with Gasteiger partial charge in [0, 0.05) is 16.0 Å². The number of halogens is 2. The molecule has 1 heterocycles. The molecule has 1 aliphatic carbocycles. The monoisotopic (exact) mass is 342 g/mol. The summed E-state index contributed by atoms with van der Waals surface area (Å²) < 4.78 is 0.759. The van der Waals surface area contributed by atoms with Gasteiger partial charge in [0.05, 0.1) is 15.3 Å². The van der Waals surface area contributed by atoms with E-state index >= 15 is 0 Å². The van der Waals surface area contributed by atoms with Crippen molar-refractivity contribution in [2.75, 3.05) is 5.32 Å². The largest absolute Gasteiger partial charge is 0.373 e. The molecule has 1 N–H and O–H groups in total. The molecular weight excluding hydrogens is 331 g/mol. The molecule has 0 saturated carbocycles. The maximum atomic E-state index is 11.1. The summed E-state index contributed by atoms with van der Waals surface area (Å²) in [6.45, 7) is 0. The van der Waals surface area contributed by atoms with E-state index in [0.29, 0.717) is 10.7 Å². The van der Waals surface area contributed by atoms with Crippen molar-refractivity contribution < 1.29 is 4.92 Å². The lowest BCUT2D eigenvalue weighted by Gasteiger charge is -2.24. The van der Waals surface area contributed by atoms with Crippen LogP contribution in [0, 0.1) is 10.1 Å². The molecule has 0 aliphatic heterocycles. The second kappa shape index (κ2) is 5.83. The molecule has 1 aliphatic rings. The van der Waals surface area contributed by atoms with Gasteiger partial charge >= 0.3 is 0 Å². The lowest BCUT2D eigenvalue weighted by Crippen LogP contribution is -2.16. The average Bonchev–Trinajstić information content (AvgIpc) is 2.80. The standard InChI is InChI=1S/C14H12Cl2N2O2S/c15-8-4-5-12(18(19)20)11(6-8)17-10-2-1-3-13-9(10)7-14(16)21-13/h4-7,10,17H,1-3H2. The summed E-state index contributed by atoms with van der Waals surface area (Å²) in [5.41, 5.74) is 1.63. The minimum Gasteiger partial charge on any atom is -0.373 e. The highest BCUT2D eigenvalue weighted by Gasteiger charge is 2.25. The Morgan fingerprint density at radius 2 is 2.14 bits per heavy atom. The van der Waals surface area contributed by atoms with Crippen LogP contribution in [0.1, 0.15) is 29.3 Å². The third-order valence-corrected chi connectivity index (χ3v) is 5.14. The van der Waals surface area contributed by atoms with Crippen molar-refractivity contribution in [2.24, 2.45) is 0 Å². The summed E-state index contributed by atoms with van der Waals surface area (Å²) in [4.78, 5) is 12.0. The zero-order chi connectivity index (χ0) is 15.0. The summed E-state index contributed by atoms with van der Waals surface area (Å²) in [6.07, 6.45) is 2.97. The number of fused-ring (bicyclic) bond motifs is 1. The molecule has 0 amide bonds. The van der Waals surface area contributed by atoms with Gasteiger partial charge in [0.2, 0.25) is 0 Å². The molecule has 1 unspecified atom stereocenters. The van der Waals surface area contributed by atoms with Gasteiger partial charge in [-0.1, -0.05) is 23.2 Å². The van der Waals surface area contributed by atoms with Gasteiger partial charge in [0.15, 0.2) is 0 Å². The van der Waals surface area contributed by atoms with E-state index in [9.17, 15) is 10.1 Å². The van der Waals surface area contributed by atoms with Gasteiger partial charge in [-0.25, -0.2) is 0 Å². The maximum Gasteiger partial charge on any atom is 0.292 e. The fraction of sp³-hybridized carbons (Fsp3) is 0.286. The van der Waals surface area contributed by atoms with Gasteiger partial charge in [-0.15, -0.1) is 11.3 Å². The topological polar surface area (TPSA) is 55.2 Å². The number of nitrogens with one attached hydrogen (secondary N) is 1. The van der Waals surface area contributed by atoms with Crippen LogP contribution in [0.5, 0.6) is 0 Å². The summed E-state index contributed by atoms with van der Waals surface area (Å²) in [5.74, 6) is 0. The van der Waals surface area contributed by atoms with Crippen molar-refractivity contribution >= 4 is 45.9 Å². The molecule has 21 heavy (non-hydrogen) atoms. The van der Waals surface area contributed by atoms with E-state index < -0.39 is 4.92 Å². The van der Waals surface area contributed by atoms with E-state index in [1.165, 1.54) is 17.0 Å². The van der Waals surface area contributed by atoms with Crippen LogP contribution in [0.15, 0.2) is 24.3 Å². The van der Waals surface area contributed by atoms with Crippen LogP contribution in [0.3, 0.4) is 0 Å². The molecule has 110 valence electrons. The number of thiophene rings is 1. The lowest BCUT2D eigenvalue weighted by molar-refractivity contribution is -0.384. The first-order valence-corrected chi connectivity index (χ1v) is 8.10. The van der Waals surface area contributed by atoms with Crippen LogP contribution in [0.4, 0.5) is 11.4 Å². The highest BCUT2D eigenvalue weighted by Crippen LogP contribution is 2.41. The van der Waals surface area contributed by atoms with Crippen molar-refractivity contribution in [3.05, 3.63) is 54.2 Å². The Morgan fingerprint density at radius 3 is 2.90 bits per heavy atom. The van der Waals surface area contributed by atoms with Gasteiger partial charge in [0.25, 0.3) is 5.69 Å². The first-order valence-electron chi connectivity index (χ1n) is 6.53. The molecule has 0 fully saturated rings. The quantitative estimate of drug-likeness (QED) is 0.595. The predicted molar refractivity (Wildman–Crippen MR) is 86.7 cm³/mol. The SMILES string of the molecule is O=[N+]([O-])c1ccc(Cl)cc1NC1CCCc2sc(Cl)cc21. The number of hydrogen-bond acceptors (Lipinski definition) is 4. The predicted octanol–water partition coefficient (Wildman–Crippen LogP) is 5.45. The Morgan fingerprint density at radius 1 is 1.33 bits per heavy atom. The fourth-order valence-electron chi connectivity index (χ4n) is 2.64. The van der Waals surface area contributed by atoms with Crippen LogP contribution in [-0.4, -0.2) is 4.92 Å². The number of hydrogen-bond donors (Lipinski definition) is 1. The number of nitro groups is 1. The van der Waals surface area contributed by atoms with E-state index in [1.54, 1.807) is 17.4 Å². The van der Waals surface area contributed by atoms with Crippen molar-refractivity contribution in [1.82, 2.24) is 0 Å². The highest BCUT2D eigenvalue weighted by atomic mass is 35.5. The van der Waals surface area contributed by atoms with E-state index in [4.69, 9.17) is 23.2 Å². The first kappa shape index (κ1) is 14.6. The van der Waals surface area contributed by atoms with E-state index in [0.717, 1.165) is 29.2 Å². The summed E-state index contributed by atoms with van der Waals surface area (Å²) in [5, 5.41) is 14.9. The van der Waals surface area contributed by atoms with Crippen molar-refractivity contribution in [3.63, 3.8) is 0 Å². The molecule has 1 aromatic carbocycles. The third kappa shape index (κ3) is 3.00. The maximum absolute atomic E-state index is 11.1. The Hall–Kier alpha value is -1.30. The molecule has 2 aromatic rings. The number of benzene rings is 1. The molecule has 1 aromatic heterocycles. The summed E-state index contributed by atoms with van der Waals surface area (Å²) >= 11 is 13.6. The normalized spacial score (nSPS) is 17.3. The van der Waals surface area contributed by atoms with Crippen molar-refractivity contribution in [2.45, 2.75) is 25.3 Å². The highest BCUT2D eigenvalue weighted by molar-refractivity contribution is 7.16. The van der Waals surface area contributed by atoms with Crippen LogP contribution >= 0.6 is 34.5 Å². The van der Waals surface area contributed by atoms with Gasteiger partial charge in [-0.05, 0) is 43.0 Å². The van der Waals surface area contributed by atoms with Gasteiger partial charge in [-0.2, -0.15) is 0 Å². The van der Waals surface area contributed by atoms with Gasteiger partial charge in [0.1, 0.15) is 5.69 Å². The molecule has 0 radical (unpaired) electrons. The average molecular weight is 343 g/mol. The Kier molecular flexibility index (Phi) is 4.06. The lowest BCUT2D eigenvalue weighted by atomic mass is 9.94. The molecular formula is C14H12Cl2N2O2S. The number of nitro benzene ring substituents is 1. The van der Waals surface area contributed by atoms with E-state index in [1.807, 2.05) is 6.07 Å². The molecule has 3 rings (SSSR count). The smallest absolute Gasteiger partial charge is 0.292 e. The molecule has 7 heteroatoms. The fourth-order valence-corrected chi connectivity index (χ4v) is 4.20. The Bertz CT molecular complexity index is 702. The molecule has 0 spiro atoms. The van der Waals surface area contributed by atoms with Crippen LogP contribution < -0.4 is 5.32 Å². The van der Waals surface area contributed by atoms with Crippen molar-refractivity contribution in [3.8, 4) is 0 Å². The second-order valence-electron chi connectivity index (χ2n) is 4.94. The molecule has 4 nitrogen and oxygen atoms in total. The van der Waals surface area contributed by atoms with E-state index in [2.05, 4.69) is 5.32 Å². The van der Waals surface area contributed by atoms with Crippen LogP contribution in [0.25, 0.3) is 0 Å².